The van der Waals surface area contributed by atoms with Crippen LogP contribution in [-0.4, -0.2) is 46.7 Å². The molecule has 3 aliphatic heterocycles. The highest BCUT2D eigenvalue weighted by molar-refractivity contribution is 5.85. The van der Waals surface area contributed by atoms with Crippen LogP contribution in [0.3, 0.4) is 0 Å². The van der Waals surface area contributed by atoms with E-state index >= 15 is 0 Å². The number of carbonyl (C=O) groups excluding carboxylic acids is 1. The van der Waals surface area contributed by atoms with Crippen LogP contribution in [0.25, 0.3) is 0 Å². The highest BCUT2D eigenvalue weighted by atomic mass is 16.6. The van der Waals surface area contributed by atoms with E-state index in [-0.39, 0.29) is 12.8 Å². The number of aliphatic hydroxyl groups is 1. The van der Waals surface area contributed by atoms with Crippen molar-refractivity contribution in [3.8, 4) is 0 Å². The van der Waals surface area contributed by atoms with E-state index in [1.54, 1.807) is 60.7 Å². The molecule has 1 spiro atoms. The molecule has 3 aliphatic rings. The van der Waals surface area contributed by atoms with Crippen molar-refractivity contribution in [2.45, 2.75) is 62.2 Å². The average Bonchev–Trinajstić information content (AvgIpc) is 3.13. The molecule has 0 radical (unpaired) electrons. The molecule has 2 aromatic carbocycles. The molecular formula is C25H30NO3+. The fraction of sp³-hybridized carbons (Fsp3) is 0.480. The predicted molar refractivity (Wildman–Crippen MR) is 111 cm³/mol. The fourth-order valence-electron chi connectivity index (χ4n) is 5.09. The molecule has 3 heterocycles. The van der Waals surface area contributed by atoms with E-state index < -0.39 is 60.0 Å². The number of ether oxygens (including phenoxy) is 1. The van der Waals surface area contributed by atoms with Crippen LogP contribution in [0.4, 0.5) is 0 Å². The molecule has 0 amide bonds. The van der Waals surface area contributed by atoms with Crippen molar-refractivity contribution in [1.82, 2.24) is 0 Å². The number of hydrogen-bond acceptors (Lipinski definition) is 3. The van der Waals surface area contributed by atoms with Crippen molar-refractivity contribution < 1.29 is 30.1 Å². The van der Waals surface area contributed by atoms with Crippen LogP contribution in [0.5, 0.6) is 0 Å². The molecule has 5 rings (SSSR count). The molecule has 1 unspecified atom stereocenters. The summed E-state index contributed by atoms with van der Waals surface area (Å²) < 4.78 is 72.9. The van der Waals surface area contributed by atoms with E-state index in [0.717, 1.165) is 0 Å². The number of benzene rings is 2. The Morgan fingerprint density at radius 1 is 0.931 bits per heavy atom. The van der Waals surface area contributed by atoms with E-state index in [2.05, 4.69) is 0 Å². The summed E-state index contributed by atoms with van der Waals surface area (Å²) in [5, 5.41) is 11.7. The van der Waals surface area contributed by atoms with Crippen molar-refractivity contribution in [3.05, 3.63) is 71.8 Å². The van der Waals surface area contributed by atoms with Gasteiger partial charge in [-0.25, -0.2) is 4.79 Å². The quantitative estimate of drug-likeness (QED) is 0.628. The summed E-state index contributed by atoms with van der Waals surface area (Å²) in [7, 11) is 0. The van der Waals surface area contributed by atoms with Crippen molar-refractivity contribution in [2.75, 3.05) is 13.0 Å². The highest BCUT2D eigenvalue weighted by Crippen LogP contribution is 2.46. The SMILES string of the molecule is [2H]C1([2H])C([2H])([2H])C([2H])([2H])[N+]2([C@@H]3CC[C@H]2CC(OC(=O)C(O)(c2ccccc2)c2ccccc2)C3)C1([2H])[2H]. The van der Waals surface area contributed by atoms with Gasteiger partial charge in [0.15, 0.2) is 0 Å². The molecule has 3 saturated heterocycles. The molecular weight excluding hydrogens is 362 g/mol. The third-order valence-corrected chi connectivity index (χ3v) is 6.55. The molecule has 152 valence electrons. The van der Waals surface area contributed by atoms with Gasteiger partial charge in [0.1, 0.15) is 6.10 Å². The molecule has 1 N–H and O–H groups in total. The zero-order valence-corrected chi connectivity index (χ0v) is 16.0. The van der Waals surface area contributed by atoms with Gasteiger partial charge in [-0.1, -0.05) is 60.7 Å². The first-order valence-electron chi connectivity index (χ1n) is 14.1. The zero-order chi connectivity index (χ0) is 27.1. The van der Waals surface area contributed by atoms with E-state index in [1.165, 1.54) is 0 Å². The van der Waals surface area contributed by atoms with Gasteiger partial charge in [0.2, 0.25) is 5.60 Å². The Kier molecular flexibility index (Phi) is 2.97. The Bertz CT molecular complexity index is 1110. The van der Waals surface area contributed by atoms with Crippen LogP contribution in [0.2, 0.25) is 0 Å². The monoisotopic (exact) mass is 400 g/mol. The first kappa shape index (κ1) is 11.9. The summed E-state index contributed by atoms with van der Waals surface area (Å²) in [5.74, 6) is -0.902. The molecule has 4 heteroatoms. The molecule has 0 aromatic heterocycles. The maximum absolute atomic E-state index is 13.6. The van der Waals surface area contributed by atoms with Gasteiger partial charge in [0.25, 0.3) is 0 Å². The standard InChI is InChI=1S/C25H30NO3/c27-24(25(28,19-9-3-1-4-10-19)20-11-5-2-6-12-20)29-23-17-21-13-14-22(18-23)26(21)15-7-8-16-26/h1-6,9-12,21-23,28H,7-8,13-18H2/q+1/t21-,22+,23?/i7D2,8D2,15D2,16D2. The first-order valence-corrected chi connectivity index (χ1v) is 10.1. The first-order chi connectivity index (χ1) is 17.2. The van der Waals surface area contributed by atoms with Gasteiger partial charge in [0, 0.05) is 43.9 Å². The summed E-state index contributed by atoms with van der Waals surface area (Å²) in [5.41, 5.74) is -1.46. The number of esters is 1. The minimum Gasteiger partial charge on any atom is -0.459 e. The third-order valence-electron chi connectivity index (χ3n) is 6.55. The Hall–Kier alpha value is -2.17. The van der Waals surface area contributed by atoms with Crippen molar-refractivity contribution in [1.29, 1.82) is 0 Å². The van der Waals surface area contributed by atoms with Gasteiger partial charge in [-0.3, -0.25) is 0 Å². The molecule has 4 nitrogen and oxygen atoms in total. The predicted octanol–water partition coefficient (Wildman–Crippen LogP) is 3.77. The number of hydrogen-bond donors (Lipinski definition) is 1. The minimum absolute atomic E-state index is 0.0348. The Morgan fingerprint density at radius 2 is 1.41 bits per heavy atom. The lowest BCUT2D eigenvalue weighted by molar-refractivity contribution is -0.956. The van der Waals surface area contributed by atoms with E-state index in [4.69, 9.17) is 15.7 Å². The number of carbonyl (C=O) groups is 1. The van der Waals surface area contributed by atoms with Crippen LogP contribution in [0.15, 0.2) is 60.7 Å². The van der Waals surface area contributed by atoms with Gasteiger partial charge in [0.05, 0.1) is 30.6 Å². The average molecular weight is 401 g/mol. The van der Waals surface area contributed by atoms with E-state index in [1.807, 2.05) is 0 Å². The second-order valence-electron chi connectivity index (χ2n) is 8.08. The fourth-order valence-corrected chi connectivity index (χ4v) is 5.09. The summed E-state index contributed by atoms with van der Waals surface area (Å²) >= 11 is 0. The molecule has 0 aliphatic carbocycles. The second kappa shape index (κ2) is 7.26. The normalized spacial score (nSPS) is 38.9. The zero-order valence-electron chi connectivity index (χ0n) is 24.0. The number of quaternary nitrogens is 1. The topological polar surface area (TPSA) is 46.5 Å². The van der Waals surface area contributed by atoms with Gasteiger partial charge in [-0.15, -0.1) is 0 Å². The summed E-state index contributed by atoms with van der Waals surface area (Å²) in [4.78, 5) is 13.6. The van der Waals surface area contributed by atoms with Gasteiger partial charge < -0.3 is 14.3 Å². The lowest BCUT2D eigenvalue weighted by atomic mass is 9.86. The highest BCUT2D eigenvalue weighted by Gasteiger charge is 2.56. The lowest BCUT2D eigenvalue weighted by Gasteiger charge is -2.47. The smallest absolute Gasteiger partial charge is 0.347 e. The molecule has 3 fully saturated rings. The number of piperidine rings is 1. The number of rotatable bonds is 4. The largest absolute Gasteiger partial charge is 0.459 e. The van der Waals surface area contributed by atoms with Crippen molar-refractivity contribution in [3.63, 3.8) is 0 Å². The van der Waals surface area contributed by atoms with Crippen molar-refractivity contribution in [2.24, 2.45) is 0 Å². The molecule has 3 atom stereocenters. The maximum Gasteiger partial charge on any atom is 0.347 e. The van der Waals surface area contributed by atoms with Crippen LogP contribution in [0.1, 0.15) is 60.5 Å². The lowest BCUT2D eigenvalue weighted by Crippen LogP contribution is -2.60. The Morgan fingerprint density at radius 3 is 1.90 bits per heavy atom. The molecule has 2 bridgehead atoms. The minimum atomic E-state index is -3.07. The van der Waals surface area contributed by atoms with Gasteiger partial charge in [-0.2, -0.15) is 0 Å². The Balaban J connectivity index is 1.48. The summed E-state index contributed by atoms with van der Waals surface area (Å²) in [6.07, 6.45) is -6.14. The van der Waals surface area contributed by atoms with Crippen molar-refractivity contribution >= 4 is 5.97 Å². The van der Waals surface area contributed by atoms with Crippen LogP contribution >= 0.6 is 0 Å². The van der Waals surface area contributed by atoms with Crippen LogP contribution in [0, 0.1) is 0 Å². The third kappa shape index (κ3) is 3.01. The number of nitrogens with zero attached hydrogens (tertiary/aromatic N) is 1. The maximum atomic E-state index is 13.6. The summed E-state index contributed by atoms with van der Waals surface area (Å²) in [6.45, 7) is -5.68. The van der Waals surface area contributed by atoms with Crippen LogP contribution in [-0.2, 0) is 15.1 Å². The Labute approximate surface area is 183 Å². The second-order valence-corrected chi connectivity index (χ2v) is 8.08. The summed E-state index contributed by atoms with van der Waals surface area (Å²) in [6, 6.07) is 15.2. The van der Waals surface area contributed by atoms with Gasteiger partial charge in [-0.05, 0) is 11.1 Å². The van der Waals surface area contributed by atoms with Crippen LogP contribution < -0.4 is 0 Å². The van der Waals surface area contributed by atoms with Gasteiger partial charge >= 0.3 is 5.97 Å². The molecule has 0 saturated carbocycles. The van der Waals surface area contributed by atoms with E-state index in [0.29, 0.717) is 24.0 Å². The van der Waals surface area contributed by atoms with E-state index in [9.17, 15) is 9.90 Å². The molecule has 29 heavy (non-hydrogen) atoms. The molecule has 2 aromatic rings.